The highest BCUT2D eigenvalue weighted by Crippen LogP contribution is 2.49. The number of fused-ring (bicyclic) bond motifs is 1. The highest BCUT2D eigenvalue weighted by molar-refractivity contribution is 7.32. The van der Waals surface area contributed by atoms with E-state index in [0.717, 1.165) is 43.3 Å². The molecule has 7 nitrogen and oxygen atoms in total. The average molecular weight is 467 g/mol. The van der Waals surface area contributed by atoms with E-state index < -0.39 is 8.32 Å². The highest BCUT2D eigenvalue weighted by atomic mass is 31.1. The summed E-state index contributed by atoms with van der Waals surface area (Å²) in [7, 11) is -0.178. The van der Waals surface area contributed by atoms with Crippen molar-refractivity contribution in [2.45, 2.75) is 77.7 Å². The second-order valence-electron chi connectivity index (χ2n) is 9.18. The predicted octanol–water partition coefficient (Wildman–Crippen LogP) is 2.41. The van der Waals surface area contributed by atoms with Crippen molar-refractivity contribution in [2.75, 3.05) is 19.6 Å². The lowest BCUT2D eigenvalue weighted by molar-refractivity contribution is -0.161. The molecule has 3 aliphatic heterocycles. The lowest BCUT2D eigenvalue weighted by atomic mass is 9.77. The maximum atomic E-state index is 13.3. The van der Waals surface area contributed by atoms with E-state index in [-0.39, 0.29) is 44.8 Å². The Bertz CT molecular complexity index is 706. The van der Waals surface area contributed by atoms with E-state index in [9.17, 15) is 9.59 Å². The zero-order valence-corrected chi connectivity index (χ0v) is 22.0. The third kappa shape index (κ3) is 4.67. The molecule has 0 aromatic heterocycles. The zero-order valence-electron chi connectivity index (χ0n) is 20.0. The van der Waals surface area contributed by atoms with E-state index in [0.29, 0.717) is 5.70 Å². The Kier molecular flexibility index (Phi) is 8.41. The van der Waals surface area contributed by atoms with Crippen molar-refractivity contribution in [1.29, 1.82) is 0 Å². The fraction of sp³-hybridized carbons (Fsp3) is 0.810. The van der Waals surface area contributed by atoms with Gasteiger partial charge in [0.15, 0.2) is 16.3 Å². The summed E-state index contributed by atoms with van der Waals surface area (Å²) in [6, 6.07) is 3.19. The lowest BCUT2D eigenvalue weighted by Gasteiger charge is -2.49. The number of amides is 1. The van der Waals surface area contributed by atoms with Gasteiger partial charge < -0.3 is 18.8 Å². The van der Waals surface area contributed by atoms with Gasteiger partial charge in [-0.05, 0) is 56.6 Å². The topological polar surface area (TPSA) is 71.1 Å². The molecule has 3 heterocycles. The number of likely N-dealkylation sites (tertiary alicyclic amines) is 1. The molecule has 2 saturated heterocycles. The minimum absolute atomic E-state index is 0.00200. The lowest BCUT2D eigenvalue weighted by Crippen LogP contribution is -2.65. The standard InChI is InChI=1S/C21H39BN3O4PSi/c1-6-31(7-2,8-3)29-15(5)17-18-14(4)16(13-24-11-9-10-12-24)19(25(18)20(17)26)21(27)28-30-23-22/h14-15,17-18,23,30H,6-13,22H2,1-5H3/t14-,15+,17+,18+/m0/s1. The first-order valence-electron chi connectivity index (χ1n) is 11.9. The number of rotatable bonds is 11. The van der Waals surface area contributed by atoms with Crippen LogP contribution in [0.15, 0.2) is 11.3 Å². The number of carbonyl (C=O) groups excluding carboxylic acids is 2. The Balaban J connectivity index is 1.83. The summed E-state index contributed by atoms with van der Waals surface area (Å²) in [6.45, 7) is 13.7. The van der Waals surface area contributed by atoms with Crippen molar-refractivity contribution in [1.82, 2.24) is 14.8 Å². The summed E-state index contributed by atoms with van der Waals surface area (Å²) in [5, 5.41) is 0. The first kappa shape index (κ1) is 24.9. The average Bonchev–Trinajstić information content (AvgIpc) is 3.36. The molecule has 10 heteroatoms. The molecule has 0 aromatic rings. The molecule has 0 saturated carbocycles. The molecule has 1 amide bonds. The number of carbonyl (C=O) groups is 2. The number of hydrogen-bond acceptors (Lipinski definition) is 6. The van der Waals surface area contributed by atoms with Crippen molar-refractivity contribution >= 4 is 37.1 Å². The normalized spacial score (nSPS) is 27.8. The molecule has 3 aliphatic rings. The molecular formula is C21H39BN3O4PSi. The van der Waals surface area contributed by atoms with E-state index in [1.54, 1.807) is 12.9 Å². The van der Waals surface area contributed by atoms with Gasteiger partial charge in [-0.25, -0.2) is 4.79 Å². The Labute approximate surface area is 191 Å². The fourth-order valence-electron chi connectivity index (χ4n) is 5.62. The van der Waals surface area contributed by atoms with Gasteiger partial charge in [-0.2, -0.15) is 0 Å². The van der Waals surface area contributed by atoms with Crippen LogP contribution in [0, 0.1) is 11.8 Å². The quantitative estimate of drug-likeness (QED) is 0.286. The Morgan fingerprint density at radius 2 is 1.87 bits per heavy atom. The molecule has 0 aromatic carbocycles. The monoisotopic (exact) mass is 467 g/mol. The van der Waals surface area contributed by atoms with Crippen LogP contribution in [0.25, 0.3) is 0 Å². The maximum absolute atomic E-state index is 13.3. The third-order valence-electron chi connectivity index (χ3n) is 7.70. The number of nitrogens with one attached hydrogen (secondary N) is 1. The summed E-state index contributed by atoms with van der Waals surface area (Å²) in [5.41, 5.74) is 1.55. The van der Waals surface area contributed by atoms with E-state index in [2.05, 4.69) is 44.5 Å². The molecule has 0 radical (unpaired) electrons. The predicted molar refractivity (Wildman–Crippen MR) is 130 cm³/mol. The smallest absolute Gasteiger partial charge is 0.358 e. The largest absolute Gasteiger partial charge is 0.428 e. The highest BCUT2D eigenvalue weighted by Gasteiger charge is 2.61. The second kappa shape index (κ2) is 10.5. The first-order valence-corrected chi connectivity index (χ1v) is 15.4. The van der Waals surface area contributed by atoms with Crippen LogP contribution in [0.4, 0.5) is 0 Å². The van der Waals surface area contributed by atoms with E-state index >= 15 is 0 Å². The SMILES string of the molecule is BNPOC(=O)C1=C(CN2CCCC2)[C@H](C)[C@@H]2[C@@H]([C@@H](C)O[Si](CC)(CC)CC)C(=O)N12. The fourth-order valence-corrected chi connectivity index (χ4v) is 8.85. The number of hydrogen-bond donors (Lipinski definition) is 1. The molecule has 2 fully saturated rings. The molecule has 0 aliphatic carbocycles. The summed E-state index contributed by atoms with van der Waals surface area (Å²) >= 11 is 0. The van der Waals surface area contributed by atoms with Gasteiger partial charge >= 0.3 is 5.97 Å². The summed E-state index contributed by atoms with van der Waals surface area (Å²) in [4.78, 5) is 33.3. The van der Waals surface area contributed by atoms with Gasteiger partial charge in [-0.1, -0.05) is 27.7 Å². The van der Waals surface area contributed by atoms with Gasteiger partial charge in [0.2, 0.25) is 5.91 Å². The maximum Gasteiger partial charge on any atom is 0.358 e. The van der Waals surface area contributed by atoms with Gasteiger partial charge in [-0.3, -0.25) is 9.69 Å². The van der Waals surface area contributed by atoms with Crippen LogP contribution in [0.5, 0.6) is 0 Å². The molecule has 174 valence electrons. The van der Waals surface area contributed by atoms with Crippen molar-refractivity contribution in [2.24, 2.45) is 11.8 Å². The van der Waals surface area contributed by atoms with Crippen LogP contribution < -0.4 is 5.00 Å². The van der Waals surface area contributed by atoms with Gasteiger partial charge in [-0.15, -0.1) is 0 Å². The minimum Gasteiger partial charge on any atom is -0.428 e. The zero-order chi connectivity index (χ0) is 22.8. The van der Waals surface area contributed by atoms with Gasteiger partial charge in [0.1, 0.15) is 14.7 Å². The minimum atomic E-state index is -1.82. The number of β-lactam (4-membered cyclic amide) rings is 1. The summed E-state index contributed by atoms with van der Waals surface area (Å²) < 4.78 is 12.1. The van der Waals surface area contributed by atoms with Gasteiger partial charge in [0.05, 0.1) is 18.1 Å². The molecule has 5 atom stereocenters. The third-order valence-corrected chi connectivity index (χ3v) is 12.9. The summed E-state index contributed by atoms with van der Waals surface area (Å²) in [5.74, 6) is -0.407. The van der Waals surface area contributed by atoms with Gasteiger partial charge in [0, 0.05) is 12.5 Å². The van der Waals surface area contributed by atoms with Crippen molar-refractivity contribution < 1.29 is 18.5 Å². The molecule has 1 unspecified atom stereocenters. The number of nitrogens with zero attached hydrogens (tertiary/aromatic N) is 2. The van der Waals surface area contributed by atoms with Crippen LogP contribution in [0.2, 0.25) is 18.1 Å². The summed E-state index contributed by atoms with van der Waals surface area (Å²) in [6.07, 6.45) is 2.27. The molecule has 0 bridgehead atoms. The van der Waals surface area contributed by atoms with E-state index in [4.69, 9.17) is 8.95 Å². The van der Waals surface area contributed by atoms with Crippen LogP contribution in [0.3, 0.4) is 0 Å². The first-order chi connectivity index (χ1) is 14.8. The van der Waals surface area contributed by atoms with Crippen molar-refractivity contribution in [3.8, 4) is 0 Å². The van der Waals surface area contributed by atoms with Crippen molar-refractivity contribution in [3.63, 3.8) is 0 Å². The molecule has 31 heavy (non-hydrogen) atoms. The molecular weight excluding hydrogens is 428 g/mol. The molecule has 1 N–H and O–H groups in total. The van der Waals surface area contributed by atoms with Crippen molar-refractivity contribution in [3.05, 3.63) is 11.3 Å². The van der Waals surface area contributed by atoms with Crippen LogP contribution >= 0.6 is 8.96 Å². The van der Waals surface area contributed by atoms with E-state index in [1.165, 1.54) is 12.8 Å². The second-order valence-corrected chi connectivity index (χ2v) is 14.8. The van der Waals surface area contributed by atoms with Crippen LogP contribution in [0.1, 0.15) is 47.5 Å². The van der Waals surface area contributed by atoms with Crippen LogP contribution in [-0.2, 0) is 18.5 Å². The van der Waals surface area contributed by atoms with Gasteiger partial charge in [0.25, 0.3) is 0 Å². The molecule has 3 rings (SSSR count). The Hall–Kier alpha value is -0.728. The molecule has 0 spiro atoms. The van der Waals surface area contributed by atoms with Crippen LogP contribution in [-0.4, -0.2) is 69.8 Å². The van der Waals surface area contributed by atoms with E-state index in [1.807, 2.05) is 0 Å². The Morgan fingerprint density at radius 1 is 1.26 bits per heavy atom. The Morgan fingerprint density at radius 3 is 2.42 bits per heavy atom.